The van der Waals surface area contributed by atoms with Crippen LogP contribution in [-0.4, -0.2) is 18.2 Å². The van der Waals surface area contributed by atoms with Crippen LogP contribution in [-0.2, 0) is 13.0 Å². The lowest BCUT2D eigenvalue weighted by Crippen LogP contribution is -2.28. The molecule has 134 valence electrons. The van der Waals surface area contributed by atoms with Crippen molar-refractivity contribution in [1.29, 1.82) is 0 Å². The van der Waals surface area contributed by atoms with Gasteiger partial charge in [-0.25, -0.2) is 0 Å². The fourth-order valence-electron chi connectivity index (χ4n) is 3.09. The van der Waals surface area contributed by atoms with Crippen LogP contribution in [0.1, 0.15) is 22.8 Å². The summed E-state index contributed by atoms with van der Waals surface area (Å²) < 4.78 is 0. The minimum atomic E-state index is -0.538. The van der Waals surface area contributed by atoms with E-state index < -0.39 is 6.10 Å². The van der Waals surface area contributed by atoms with Crippen LogP contribution in [0.3, 0.4) is 0 Å². The van der Waals surface area contributed by atoms with E-state index in [4.69, 9.17) is 5.73 Å². The average Bonchev–Trinajstić information content (AvgIpc) is 2.70. The SMILES string of the molecule is NCCc1ccc(N(Cc2ccccc2)C[C@@H](O)c2ccccc2)cc1. The van der Waals surface area contributed by atoms with Gasteiger partial charge in [-0.1, -0.05) is 72.8 Å². The Hall–Kier alpha value is -2.62. The van der Waals surface area contributed by atoms with Crippen molar-refractivity contribution in [1.82, 2.24) is 0 Å². The lowest BCUT2D eigenvalue weighted by Gasteiger charge is -2.28. The fourth-order valence-corrected chi connectivity index (χ4v) is 3.09. The van der Waals surface area contributed by atoms with Crippen molar-refractivity contribution in [3.8, 4) is 0 Å². The maximum Gasteiger partial charge on any atom is 0.0964 e. The Kier molecular flexibility index (Phi) is 6.42. The highest BCUT2D eigenvalue weighted by atomic mass is 16.3. The molecule has 0 aromatic heterocycles. The lowest BCUT2D eigenvalue weighted by atomic mass is 10.1. The van der Waals surface area contributed by atoms with Gasteiger partial charge in [0.05, 0.1) is 6.10 Å². The molecule has 0 saturated carbocycles. The zero-order valence-corrected chi connectivity index (χ0v) is 15.0. The standard InChI is InChI=1S/C23H26N2O/c24-16-15-19-11-13-22(14-12-19)25(17-20-7-3-1-4-8-20)18-23(26)21-9-5-2-6-10-21/h1-14,23,26H,15-18,24H2/t23-/m1/s1. The molecule has 26 heavy (non-hydrogen) atoms. The first-order chi connectivity index (χ1) is 12.8. The highest BCUT2D eigenvalue weighted by Crippen LogP contribution is 2.23. The summed E-state index contributed by atoms with van der Waals surface area (Å²) in [7, 11) is 0. The Labute approximate surface area is 155 Å². The molecule has 3 nitrogen and oxygen atoms in total. The average molecular weight is 346 g/mol. The minimum absolute atomic E-state index is 0.537. The number of nitrogens with zero attached hydrogens (tertiary/aromatic N) is 1. The number of aliphatic hydroxyl groups excluding tert-OH is 1. The summed E-state index contributed by atoms with van der Waals surface area (Å²) in [6, 6.07) is 28.6. The molecular formula is C23H26N2O. The molecule has 0 amide bonds. The maximum atomic E-state index is 10.7. The van der Waals surface area contributed by atoms with Crippen molar-refractivity contribution in [2.45, 2.75) is 19.1 Å². The predicted molar refractivity (Wildman–Crippen MR) is 108 cm³/mol. The molecule has 0 radical (unpaired) electrons. The predicted octanol–water partition coefficient (Wildman–Crippen LogP) is 3.93. The number of aliphatic hydroxyl groups is 1. The summed E-state index contributed by atoms with van der Waals surface area (Å²) in [5, 5.41) is 10.7. The first-order valence-corrected chi connectivity index (χ1v) is 9.07. The van der Waals surface area contributed by atoms with Crippen LogP contribution in [0.2, 0.25) is 0 Å². The normalized spacial score (nSPS) is 11.9. The number of rotatable bonds is 8. The Morgan fingerprint density at radius 1 is 0.769 bits per heavy atom. The molecule has 0 aliphatic rings. The van der Waals surface area contributed by atoms with Gasteiger partial charge in [0.15, 0.2) is 0 Å². The monoisotopic (exact) mass is 346 g/mol. The van der Waals surface area contributed by atoms with E-state index in [2.05, 4.69) is 41.3 Å². The van der Waals surface area contributed by atoms with Gasteiger partial charge < -0.3 is 15.7 Å². The van der Waals surface area contributed by atoms with Crippen molar-refractivity contribution in [2.24, 2.45) is 5.73 Å². The van der Waals surface area contributed by atoms with E-state index in [9.17, 15) is 5.11 Å². The molecule has 3 N–H and O–H groups in total. The Morgan fingerprint density at radius 2 is 1.38 bits per heavy atom. The van der Waals surface area contributed by atoms with Crippen molar-refractivity contribution in [2.75, 3.05) is 18.0 Å². The Bertz CT molecular complexity index is 772. The molecule has 1 atom stereocenters. The summed E-state index contributed by atoms with van der Waals surface area (Å²) in [6.07, 6.45) is 0.342. The van der Waals surface area contributed by atoms with Gasteiger partial charge in [0.2, 0.25) is 0 Å². The second-order valence-corrected chi connectivity index (χ2v) is 6.50. The Balaban J connectivity index is 1.81. The van der Waals surface area contributed by atoms with Crippen LogP contribution in [0.5, 0.6) is 0 Å². The van der Waals surface area contributed by atoms with E-state index in [1.54, 1.807) is 0 Å². The molecule has 3 aromatic rings. The second kappa shape index (κ2) is 9.18. The third kappa shape index (κ3) is 4.94. The number of nitrogens with two attached hydrogens (primary N) is 1. The summed E-state index contributed by atoms with van der Waals surface area (Å²) in [6.45, 7) is 1.94. The van der Waals surface area contributed by atoms with Crippen molar-refractivity contribution in [3.63, 3.8) is 0 Å². The van der Waals surface area contributed by atoms with Crippen molar-refractivity contribution >= 4 is 5.69 Å². The Morgan fingerprint density at radius 3 is 2.00 bits per heavy atom. The zero-order valence-electron chi connectivity index (χ0n) is 15.0. The van der Waals surface area contributed by atoms with Crippen LogP contribution in [0, 0.1) is 0 Å². The molecular weight excluding hydrogens is 320 g/mol. The third-order valence-corrected chi connectivity index (χ3v) is 4.53. The molecule has 0 heterocycles. The number of hydrogen-bond acceptors (Lipinski definition) is 3. The van der Waals surface area contributed by atoms with Gasteiger partial charge in [0, 0.05) is 18.8 Å². The highest BCUT2D eigenvalue weighted by Gasteiger charge is 2.15. The molecule has 3 heteroatoms. The van der Waals surface area contributed by atoms with E-state index in [1.807, 2.05) is 48.5 Å². The van der Waals surface area contributed by atoms with Crippen molar-refractivity contribution in [3.05, 3.63) is 102 Å². The van der Waals surface area contributed by atoms with Crippen LogP contribution in [0.15, 0.2) is 84.9 Å². The fraction of sp³-hybridized carbons (Fsp3) is 0.217. The second-order valence-electron chi connectivity index (χ2n) is 6.50. The van der Waals surface area contributed by atoms with Crippen LogP contribution >= 0.6 is 0 Å². The molecule has 3 aromatic carbocycles. The van der Waals surface area contributed by atoms with Crippen LogP contribution < -0.4 is 10.6 Å². The first kappa shape index (κ1) is 18.2. The largest absolute Gasteiger partial charge is 0.387 e. The van der Waals surface area contributed by atoms with Crippen molar-refractivity contribution < 1.29 is 5.11 Å². The quantitative estimate of drug-likeness (QED) is 0.650. The topological polar surface area (TPSA) is 49.5 Å². The van der Waals surface area contributed by atoms with Crippen LogP contribution in [0.4, 0.5) is 5.69 Å². The third-order valence-electron chi connectivity index (χ3n) is 4.53. The van der Waals surface area contributed by atoms with Gasteiger partial charge >= 0.3 is 0 Å². The van der Waals surface area contributed by atoms with Gasteiger partial charge in [-0.15, -0.1) is 0 Å². The van der Waals surface area contributed by atoms with Gasteiger partial charge in [0.1, 0.15) is 0 Å². The minimum Gasteiger partial charge on any atom is -0.387 e. The number of anilines is 1. The maximum absolute atomic E-state index is 10.7. The summed E-state index contributed by atoms with van der Waals surface area (Å²) >= 11 is 0. The van der Waals surface area contributed by atoms with E-state index in [-0.39, 0.29) is 0 Å². The van der Waals surface area contributed by atoms with Crippen LogP contribution in [0.25, 0.3) is 0 Å². The molecule has 0 saturated heterocycles. The molecule has 0 spiro atoms. The first-order valence-electron chi connectivity index (χ1n) is 9.07. The van der Waals surface area contributed by atoms with Gasteiger partial charge in [0.25, 0.3) is 0 Å². The summed E-state index contributed by atoms with van der Waals surface area (Å²) in [5.74, 6) is 0. The highest BCUT2D eigenvalue weighted by molar-refractivity contribution is 5.49. The van der Waals surface area contributed by atoms with E-state index in [0.29, 0.717) is 13.1 Å². The lowest BCUT2D eigenvalue weighted by molar-refractivity contribution is 0.183. The summed E-state index contributed by atoms with van der Waals surface area (Å²) in [4.78, 5) is 2.22. The molecule has 3 rings (SSSR count). The molecule has 0 fully saturated rings. The molecule has 0 aliphatic carbocycles. The molecule has 0 bridgehead atoms. The zero-order chi connectivity index (χ0) is 18.2. The van der Waals surface area contributed by atoms with E-state index >= 15 is 0 Å². The number of benzene rings is 3. The smallest absolute Gasteiger partial charge is 0.0964 e. The molecule has 0 unspecified atom stereocenters. The number of hydrogen-bond donors (Lipinski definition) is 2. The van der Waals surface area contributed by atoms with E-state index in [1.165, 1.54) is 11.1 Å². The summed E-state index contributed by atoms with van der Waals surface area (Å²) in [5.41, 5.74) is 10.1. The van der Waals surface area contributed by atoms with E-state index in [0.717, 1.165) is 24.2 Å². The van der Waals surface area contributed by atoms with Gasteiger partial charge in [-0.2, -0.15) is 0 Å². The van der Waals surface area contributed by atoms with Gasteiger partial charge in [-0.05, 0) is 41.8 Å². The van der Waals surface area contributed by atoms with Gasteiger partial charge in [-0.3, -0.25) is 0 Å². The molecule has 0 aliphatic heterocycles.